The number of aromatic nitrogens is 1. The molecule has 5 rings (SSSR count). The van der Waals surface area contributed by atoms with E-state index in [0.29, 0.717) is 18.6 Å². The minimum Gasteiger partial charge on any atom is -0.479 e. The maximum atomic E-state index is 13.8. The maximum Gasteiger partial charge on any atom is 0.573 e. The molecule has 5 nitrogen and oxygen atoms in total. The average Bonchev–Trinajstić information content (AvgIpc) is 3.24. The van der Waals surface area contributed by atoms with Gasteiger partial charge in [-0.3, -0.25) is 4.79 Å². The summed E-state index contributed by atoms with van der Waals surface area (Å²) in [6.07, 6.45) is -2.22. The second kappa shape index (κ2) is 7.29. The summed E-state index contributed by atoms with van der Waals surface area (Å²) in [4.78, 5) is 14.5. The molecule has 2 aliphatic heterocycles. The molecule has 1 aromatic heterocycles. The van der Waals surface area contributed by atoms with Crippen molar-refractivity contribution in [1.29, 1.82) is 0 Å². The van der Waals surface area contributed by atoms with E-state index in [1.807, 2.05) is 22.9 Å². The molecule has 0 atom stereocenters. The highest BCUT2D eigenvalue weighted by molar-refractivity contribution is 5.97. The Hall–Kier alpha value is -3.49. The minimum absolute atomic E-state index is 0.152. The zero-order valence-corrected chi connectivity index (χ0v) is 16.7. The van der Waals surface area contributed by atoms with E-state index < -0.39 is 29.4 Å². The number of para-hydroxylation sites is 1. The minimum atomic E-state index is -4.90. The zero-order valence-electron chi connectivity index (χ0n) is 16.7. The van der Waals surface area contributed by atoms with Gasteiger partial charge >= 0.3 is 6.36 Å². The largest absolute Gasteiger partial charge is 0.573 e. The topological polar surface area (TPSA) is 43.7 Å². The summed E-state index contributed by atoms with van der Waals surface area (Å²) in [7, 11) is 0. The van der Waals surface area contributed by atoms with Gasteiger partial charge in [0.15, 0.2) is 5.60 Å². The zero-order chi connectivity index (χ0) is 22.5. The molecule has 32 heavy (non-hydrogen) atoms. The van der Waals surface area contributed by atoms with Crippen LogP contribution < -0.4 is 9.47 Å². The number of benzene rings is 2. The lowest BCUT2D eigenvalue weighted by atomic mass is 9.86. The number of fused-ring (bicyclic) bond motifs is 4. The van der Waals surface area contributed by atoms with Crippen LogP contribution in [0.15, 0.2) is 60.8 Å². The first kappa shape index (κ1) is 20.4. The summed E-state index contributed by atoms with van der Waals surface area (Å²) in [5.41, 5.74) is 0.711. The van der Waals surface area contributed by atoms with Gasteiger partial charge < -0.3 is 18.9 Å². The molecule has 166 valence electrons. The van der Waals surface area contributed by atoms with Gasteiger partial charge in [0.1, 0.15) is 17.3 Å². The van der Waals surface area contributed by atoms with Crippen molar-refractivity contribution < 1.29 is 31.8 Å². The van der Waals surface area contributed by atoms with Crippen LogP contribution in [0.25, 0.3) is 5.69 Å². The number of piperidine rings is 1. The van der Waals surface area contributed by atoms with E-state index in [-0.39, 0.29) is 18.7 Å². The van der Waals surface area contributed by atoms with Crippen molar-refractivity contribution in [3.05, 3.63) is 77.9 Å². The lowest BCUT2D eigenvalue weighted by molar-refractivity contribution is -0.274. The van der Waals surface area contributed by atoms with Crippen molar-refractivity contribution in [2.45, 2.75) is 24.8 Å². The van der Waals surface area contributed by atoms with Crippen molar-refractivity contribution in [2.24, 2.45) is 0 Å². The van der Waals surface area contributed by atoms with Gasteiger partial charge in [-0.05, 0) is 36.4 Å². The van der Waals surface area contributed by atoms with Crippen LogP contribution in [-0.2, 0) is 5.60 Å². The number of hydrogen-bond donors (Lipinski definition) is 0. The molecule has 0 aliphatic carbocycles. The van der Waals surface area contributed by atoms with Crippen LogP contribution >= 0.6 is 0 Å². The Labute approximate surface area is 180 Å². The van der Waals surface area contributed by atoms with Crippen LogP contribution in [0.5, 0.6) is 11.5 Å². The first-order valence-electron chi connectivity index (χ1n) is 10.1. The van der Waals surface area contributed by atoms with Gasteiger partial charge in [0.25, 0.3) is 5.91 Å². The Morgan fingerprint density at radius 1 is 1.03 bits per heavy atom. The Kier molecular flexibility index (Phi) is 4.65. The van der Waals surface area contributed by atoms with E-state index >= 15 is 0 Å². The maximum absolute atomic E-state index is 13.8. The first-order chi connectivity index (χ1) is 15.3. The van der Waals surface area contributed by atoms with Crippen LogP contribution in [0.2, 0.25) is 0 Å². The third kappa shape index (κ3) is 3.47. The lowest BCUT2D eigenvalue weighted by Crippen LogP contribution is -2.50. The molecular formula is C23H18F4N2O3. The third-order valence-electron chi connectivity index (χ3n) is 5.90. The molecule has 0 radical (unpaired) electrons. The van der Waals surface area contributed by atoms with E-state index in [9.17, 15) is 22.4 Å². The molecule has 2 aromatic carbocycles. The van der Waals surface area contributed by atoms with Crippen LogP contribution in [0.1, 0.15) is 28.9 Å². The number of ether oxygens (including phenoxy) is 2. The fourth-order valence-electron chi connectivity index (χ4n) is 4.45. The Balaban J connectivity index is 1.39. The summed E-state index contributed by atoms with van der Waals surface area (Å²) in [6, 6.07) is 13.5. The summed E-state index contributed by atoms with van der Waals surface area (Å²) in [5, 5.41) is 0. The molecule has 3 aromatic rings. The third-order valence-corrected chi connectivity index (χ3v) is 5.90. The number of likely N-dealkylation sites (tertiary alicyclic amines) is 1. The van der Waals surface area contributed by atoms with E-state index in [0.717, 1.165) is 17.4 Å². The van der Waals surface area contributed by atoms with Gasteiger partial charge in [-0.2, -0.15) is 0 Å². The second-order valence-corrected chi connectivity index (χ2v) is 7.81. The van der Waals surface area contributed by atoms with E-state index in [2.05, 4.69) is 4.74 Å². The van der Waals surface area contributed by atoms with Gasteiger partial charge in [0.05, 0.1) is 16.9 Å². The highest BCUT2D eigenvalue weighted by Gasteiger charge is 2.45. The number of carbonyl (C=O) groups excluding carboxylic acids is 1. The van der Waals surface area contributed by atoms with Gasteiger partial charge in [0.2, 0.25) is 0 Å². The van der Waals surface area contributed by atoms with E-state index in [1.165, 1.54) is 35.2 Å². The van der Waals surface area contributed by atoms with E-state index in [4.69, 9.17) is 4.74 Å². The van der Waals surface area contributed by atoms with Crippen LogP contribution in [0.4, 0.5) is 17.6 Å². The SMILES string of the molecule is O=C(c1ccccc1OC(F)(F)F)N1CCC2(CC1)Oc1cc(F)ccc1-n1cccc12. The number of alkyl halides is 3. The fraction of sp³-hybridized carbons (Fsp3) is 0.261. The number of carbonyl (C=O) groups is 1. The number of nitrogens with zero attached hydrogens (tertiary/aromatic N) is 2. The van der Waals surface area contributed by atoms with Gasteiger partial charge in [-0.25, -0.2) is 4.39 Å². The summed E-state index contributed by atoms with van der Waals surface area (Å²) < 4.78 is 64.3. The molecule has 0 unspecified atom stereocenters. The van der Waals surface area contributed by atoms with Gasteiger partial charge in [-0.1, -0.05) is 12.1 Å². The van der Waals surface area contributed by atoms with E-state index in [1.54, 1.807) is 6.07 Å². The molecule has 3 heterocycles. The van der Waals surface area contributed by atoms with Crippen LogP contribution in [0.3, 0.4) is 0 Å². The van der Waals surface area contributed by atoms with Crippen molar-refractivity contribution in [3.8, 4) is 17.2 Å². The second-order valence-electron chi connectivity index (χ2n) is 7.81. The predicted octanol–water partition coefficient (Wildman–Crippen LogP) is 5.04. The fourth-order valence-corrected chi connectivity index (χ4v) is 4.45. The molecule has 2 aliphatic rings. The Bertz CT molecular complexity index is 1180. The van der Waals surface area contributed by atoms with Crippen molar-refractivity contribution in [1.82, 2.24) is 9.47 Å². The Morgan fingerprint density at radius 3 is 2.53 bits per heavy atom. The van der Waals surface area contributed by atoms with Crippen molar-refractivity contribution in [3.63, 3.8) is 0 Å². The first-order valence-corrected chi connectivity index (χ1v) is 10.1. The van der Waals surface area contributed by atoms with Crippen LogP contribution in [0, 0.1) is 5.82 Å². The highest BCUT2D eigenvalue weighted by Crippen LogP contribution is 2.45. The van der Waals surface area contributed by atoms with Gasteiger partial charge in [0, 0.05) is 38.2 Å². The van der Waals surface area contributed by atoms with Crippen molar-refractivity contribution >= 4 is 5.91 Å². The van der Waals surface area contributed by atoms with Crippen LogP contribution in [-0.4, -0.2) is 34.8 Å². The molecular weight excluding hydrogens is 428 g/mol. The smallest absolute Gasteiger partial charge is 0.479 e. The monoisotopic (exact) mass is 446 g/mol. The predicted molar refractivity (Wildman–Crippen MR) is 106 cm³/mol. The molecule has 1 fully saturated rings. The molecule has 9 heteroatoms. The number of halogens is 4. The number of hydrogen-bond acceptors (Lipinski definition) is 3. The normalized spacial score (nSPS) is 16.8. The average molecular weight is 446 g/mol. The molecule has 0 saturated carbocycles. The number of rotatable bonds is 2. The molecule has 1 spiro atoms. The standard InChI is InChI=1S/C23H18F4N2O3/c24-15-7-8-17-19(14-15)31-22(20-6-3-11-29(17)20)9-12-28(13-10-22)21(30)16-4-1-2-5-18(16)32-23(25,26)27/h1-8,11,14H,9-10,12-13H2. The quantitative estimate of drug-likeness (QED) is 0.518. The Morgan fingerprint density at radius 2 is 1.78 bits per heavy atom. The highest BCUT2D eigenvalue weighted by atomic mass is 19.4. The molecule has 0 N–H and O–H groups in total. The van der Waals surface area contributed by atoms with Crippen molar-refractivity contribution in [2.75, 3.05) is 13.1 Å². The molecule has 1 amide bonds. The lowest BCUT2D eigenvalue weighted by Gasteiger charge is -2.45. The summed E-state index contributed by atoms with van der Waals surface area (Å²) >= 11 is 0. The summed E-state index contributed by atoms with van der Waals surface area (Å²) in [5.74, 6) is -1.07. The molecule has 0 bridgehead atoms. The molecule has 1 saturated heterocycles. The summed E-state index contributed by atoms with van der Waals surface area (Å²) in [6.45, 7) is 0.518. The van der Waals surface area contributed by atoms with Gasteiger partial charge in [-0.15, -0.1) is 13.2 Å². The number of amides is 1.